The number of rotatable bonds is 12. The Balaban J connectivity index is 0.000000152. The SMILES string of the molecule is CCOc1cc2c(cc1Nc1ncnc3sc4c(c13)CCC(C(=O)N(C)CC1CC1)C4)C=NC2.CCOc1cc2c(cc1Nc1ncnc3sc4c(c13)CCC(C(=O)O)C4)C=NC2. The summed E-state index contributed by atoms with van der Waals surface area (Å²) in [5.74, 6) is 3.15. The van der Waals surface area contributed by atoms with Crippen LogP contribution < -0.4 is 20.1 Å². The molecular formula is C47H49N9O5S2. The molecule has 14 nitrogen and oxygen atoms in total. The van der Waals surface area contributed by atoms with Crippen molar-refractivity contribution in [2.24, 2.45) is 27.7 Å². The number of aryl methyl sites for hydroxylation is 2. The monoisotopic (exact) mass is 883 g/mol. The van der Waals surface area contributed by atoms with Crippen molar-refractivity contribution in [1.82, 2.24) is 24.8 Å². The van der Waals surface area contributed by atoms with E-state index in [9.17, 15) is 14.7 Å². The lowest BCUT2D eigenvalue weighted by Crippen LogP contribution is -2.36. The Morgan fingerprint density at radius 2 is 1.24 bits per heavy atom. The lowest BCUT2D eigenvalue weighted by atomic mass is 9.87. The van der Waals surface area contributed by atoms with Gasteiger partial charge in [-0.15, -0.1) is 22.7 Å². The largest absolute Gasteiger partial charge is 0.492 e. The Labute approximate surface area is 372 Å². The summed E-state index contributed by atoms with van der Waals surface area (Å²) in [7, 11) is 1.96. The molecule has 4 aromatic heterocycles. The molecule has 3 N–H and O–H groups in total. The van der Waals surface area contributed by atoms with Gasteiger partial charge in [0.15, 0.2) is 0 Å². The molecule has 63 heavy (non-hydrogen) atoms. The van der Waals surface area contributed by atoms with Crippen LogP contribution in [0.1, 0.15) is 82.7 Å². The third kappa shape index (κ3) is 8.21. The van der Waals surface area contributed by atoms with E-state index in [0.29, 0.717) is 51.0 Å². The molecule has 2 atom stereocenters. The number of aromatic nitrogens is 4. The molecule has 0 saturated heterocycles. The number of carboxylic acids is 1. The van der Waals surface area contributed by atoms with Crippen molar-refractivity contribution in [3.63, 3.8) is 0 Å². The first-order valence-corrected chi connectivity index (χ1v) is 23.5. The van der Waals surface area contributed by atoms with Gasteiger partial charge in [0.2, 0.25) is 5.91 Å². The number of nitrogens with zero attached hydrogens (tertiary/aromatic N) is 7. The van der Waals surface area contributed by atoms with E-state index in [2.05, 4.69) is 52.7 Å². The molecule has 1 fully saturated rings. The van der Waals surface area contributed by atoms with Gasteiger partial charge in [0.1, 0.15) is 45.5 Å². The maximum Gasteiger partial charge on any atom is 0.306 e. The third-order valence-corrected chi connectivity index (χ3v) is 14.9. The van der Waals surface area contributed by atoms with Gasteiger partial charge in [0, 0.05) is 41.7 Å². The number of carboxylic acid groups (broad SMARTS) is 1. The summed E-state index contributed by atoms with van der Waals surface area (Å²) < 4.78 is 11.8. The number of anilines is 4. The van der Waals surface area contributed by atoms with E-state index in [1.165, 1.54) is 34.4 Å². The van der Waals surface area contributed by atoms with E-state index in [4.69, 9.17) is 9.47 Å². The highest BCUT2D eigenvalue weighted by Gasteiger charge is 2.33. The molecule has 0 spiro atoms. The average molecular weight is 884 g/mol. The maximum absolute atomic E-state index is 13.1. The van der Waals surface area contributed by atoms with Crippen molar-refractivity contribution in [2.45, 2.75) is 78.3 Å². The molecule has 16 heteroatoms. The van der Waals surface area contributed by atoms with Crippen LogP contribution in [-0.2, 0) is 48.4 Å². The van der Waals surface area contributed by atoms with Gasteiger partial charge < -0.3 is 30.1 Å². The molecule has 5 aliphatic rings. The summed E-state index contributed by atoms with van der Waals surface area (Å²) in [6.07, 6.45) is 14.0. The van der Waals surface area contributed by atoms with Crippen molar-refractivity contribution in [1.29, 1.82) is 0 Å². The highest BCUT2D eigenvalue weighted by atomic mass is 32.1. The van der Waals surface area contributed by atoms with Crippen molar-refractivity contribution in [2.75, 3.05) is 37.4 Å². The summed E-state index contributed by atoms with van der Waals surface area (Å²) >= 11 is 3.28. The predicted molar refractivity (Wildman–Crippen MR) is 248 cm³/mol. The Bertz CT molecular complexity index is 2830. The zero-order valence-corrected chi connectivity index (χ0v) is 37.2. The van der Waals surface area contributed by atoms with Crippen LogP contribution in [0.25, 0.3) is 20.4 Å². The second-order valence-corrected chi connectivity index (χ2v) is 19.0. The fourth-order valence-corrected chi connectivity index (χ4v) is 11.7. The molecule has 2 aliphatic heterocycles. The van der Waals surface area contributed by atoms with Crippen molar-refractivity contribution in [3.05, 3.63) is 80.1 Å². The van der Waals surface area contributed by atoms with Crippen LogP contribution in [0.15, 0.2) is 46.9 Å². The summed E-state index contributed by atoms with van der Waals surface area (Å²) in [5.41, 5.74) is 8.72. The standard InChI is InChI=1S/C26H29N5O2S.C21H20N4O3S/c1-3-33-21-9-18-12-27-11-17(18)8-20(21)30-24-23-19-7-6-16(26(32)31(2)13-15-4-5-15)10-22(19)34-25(23)29-14-28-24;1-2-28-16-6-13-9-22-8-12(13)5-15(16)25-19-18-14-4-3-11(21(26)27)7-17(14)29-20(18)24-10-23-19/h8-9,11,14-16H,3-7,10,12-13H2,1-2H3,(H,28,29,30);5-6,8,10-11H,2-4,7,9H2,1H3,(H,26,27)(H,23,24,25). The number of ether oxygens (including phenoxy) is 2. The number of carbonyl (C=O) groups is 2. The van der Waals surface area contributed by atoms with E-state index in [0.717, 1.165) is 109 Å². The highest BCUT2D eigenvalue weighted by molar-refractivity contribution is 7.19. The Morgan fingerprint density at radius 1 is 0.730 bits per heavy atom. The number of benzene rings is 2. The van der Waals surface area contributed by atoms with Crippen LogP contribution in [0.2, 0.25) is 0 Å². The van der Waals surface area contributed by atoms with Gasteiger partial charge in [-0.2, -0.15) is 0 Å². The fraction of sp³-hybridized carbons (Fsp3) is 0.404. The molecular weight excluding hydrogens is 835 g/mol. The van der Waals surface area contributed by atoms with E-state index in [1.807, 2.05) is 50.4 Å². The van der Waals surface area contributed by atoms with Crippen LogP contribution >= 0.6 is 22.7 Å². The number of fused-ring (bicyclic) bond motifs is 8. The zero-order chi connectivity index (χ0) is 43.2. The smallest absolute Gasteiger partial charge is 0.306 e. The molecule has 11 rings (SSSR count). The van der Waals surface area contributed by atoms with E-state index < -0.39 is 5.97 Å². The second-order valence-electron chi connectivity index (χ2n) is 16.8. The number of aliphatic carboxylic acids is 1. The molecule has 3 aliphatic carbocycles. The third-order valence-electron chi connectivity index (χ3n) is 12.6. The number of carbonyl (C=O) groups excluding carboxylic acids is 1. The van der Waals surface area contributed by atoms with E-state index in [1.54, 1.807) is 35.3 Å². The molecule has 0 radical (unpaired) electrons. The van der Waals surface area contributed by atoms with Crippen LogP contribution in [0.3, 0.4) is 0 Å². The minimum Gasteiger partial charge on any atom is -0.492 e. The van der Waals surface area contributed by atoms with Gasteiger partial charge in [-0.3, -0.25) is 19.6 Å². The number of thiophene rings is 2. The number of aliphatic imine (C=N–C) groups is 2. The topological polar surface area (TPSA) is 176 Å². The molecule has 6 aromatic rings. The predicted octanol–water partition coefficient (Wildman–Crippen LogP) is 8.70. The highest BCUT2D eigenvalue weighted by Crippen LogP contribution is 2.44. The Morgan fingerprint density at radius 3 is 1.73 bits per heavy atom. The summed E-state index contributed by atoms with van der Waals surface area (Å²) in [6, 6.07) is 8.25. The number of nitrogens with one attached hydrogen (secondary N) is 2. The van der Waals surface area contributed by atoms with E-state index >= 15 is 0 Å². The molecule has 2 aromatic carbocycles. The van der Waals surface area contributed by atoms with Gasteiger partial charge in [0.25, 0.3) is 0 Å². The Kier molecular flexibility index (Phi) is 11.3. The maximum atomic E-state index is 13.1. The second kappa shape index (κ2) is 17.3. The van der Waals surface area contributed by atoms with E-state index in [-0.39, 0.29) is 11.8 Å². The summed E-state index contributed by atoms with van der Waals surface area (Å²) in [5, 5.41) is 18.5. The minimum atomic E-state index is -0.723. The number of hydrogen-bond donors (Lipinski definition) is 3. The molecule has 2 unspecified atom stereocenters. The Hall–Kier alpha value is -6.00. The molecule has 324 valence electrons. The fourth-order valence-electron chi connectivity index (χ4n) is 9.20. The number of hydrogen-bond acceptors (Lipinski definition) is 14. The molecule has 1 amide bonds. The summed E-state index contributed by atoms with van der Waals surface area (Å²) in [4.78, 5) is 57.5. The lowest BCUT2D eigenvalue weighted by molar-refractivity contribution is -0.142. The summed E-state index contributed by atoms with van der Waals surface area (Å²) in [6.45, 7) is 7.39. The van der Waals surface area contributed by atoms with Crippen molar-refractivity contribution >= 4 is 90.4 Å². The van der Waals surface area contributed by atoms with Gasteiger partial charge in [0.05, 0.1) is 54.4 Å². The van der Waals surface area contributed by atoms with Crippen LogP contribution in [0.5, 0.6) is 11.5 Å². The first-order chi connectivity index (χ1) is 30.7. The van der Waals surface area contributed by atoms with Gasteiger partial charge in [-0.05, 0) is 129 Å². The molecule has 1 saturated carbocycles. The van der Waals surface area contributed by atoms with Gasteiger partial charge >= 0.3 is 5.97 Å². The van der Waals surface area contributed by atoms with Crippen molar-refractivity contribution < 1.29 is 24.2 Å². The number of amides is 1. The quantitative estimate of drug-likeness (QED) is 0.107. The first-order valence-electron chi connectivity index (χ1n) is 21.9. The normalized spacial score (nSPS) is 18.0. The van der Waals surface area contributed by atoms with Crippen molar-refractivity contribution in [3.8, 4) is 11.5 Å². The zero-order valence-electron chi connectivity index (χ0n) is 35.6. The minimum absolute atomic E-state index is 0.0641. The average Bonchev–Trinajstić information content (AvgIpc) is 3.61. The van der Waals surface area contributed by atoms with Crippen LogP contribution in [-0.4, -0.2) is 81.1 Å². The van der Waals surface area contributed by atoms with Crippen LogP contribution in [0.4, 0.5) is 23.0 Å². The van der Waals surface area contributed by atoms with Gasteiger partial charge in [-0.25, -0.2) is 19.9 Å². The van der Waals surface area contributed by atoms with Crippen LogP contribution in [0, 0.1) is 17.8 Å². The van der Waals surface area contributed by atoms with Gasteiger partial charge in [-0.1, -0.05) is 0 Å². The molecule has 6 heterocycles. The lowest BCUT2D eigenvalue weighted by Gasteiger charge is -2.26. The first kappa shape index (κ1) is 41.0. The molecule has 0 bridgehead atoms.